The summed E-state index contributed by atoms with van der Waals surface area (Å²) in [5, 5.41) is 2.21. The number of benzene rings is 2. The van der Waals surface area contributed by atoms with Crippen molar-refractivity contribution < 1.29 is 4.74 Å². The number of fused-ring (bicyclic) bond motifs is 1. The van der Waals surface area contributed by atoms with Gasteiger partial charge in [0.2, 0.25) is 0 Å². The number of nitrogens with zero attached hydrogens (tertiary/aromatic N) is 3. The van der Waals surface area contributed by atoms with Crippen LogP contribution in [0.15, 0.2) is 53.6 Å². The number of aromatic nitrogens is 2. The second-order valence-corrected chi connectivity index (χ2v) is 7.53. The highest BCUT2D eigenvalue weighted by molar-refractivity contribution is 7.98. The van der Waals surface area contributed by atoms with Crippen LogP contribution in [0.1, 0.15) is 17.0 Å². The summed E-state index contributed by atoms with van der Waals surface area (Å²) in [7, 11) is 0. The molecule has 0 bridgehead atoms. The van der Waals surface area contributed by atoms with Gasteiger partial charge in [-0.2, -0.15) is 0 Å². The Kier molecular flexibility index (Phi) is 5.48. The lowest BCUT2D eigenvalue weighted by Gasteiger charge is -2.25. The second kappa shape index (κ2) is 8.16. The van der Waals surface area contributed by atoms with Gasteiger partial charge in [0.1, 0.15) is 10.9 Å². The molecule has 26 heavy (non-hydrogen) atoms. The van der Waals surface area contributed by atoms with Crippen LogP contribution in [0.2, 0.25) is 0 Å². The van der Waals surface area contributed by atoms with E-state index in [9.17, 15) is 0 Å². The number of morpholine rings is 1. The van der Waals surface area contributed by atoms with Crippen molar-refractivity contribution in [2.24, 2.45) is 0 Å². The minimum atomic E-state index is 0.784. The maximum Gasteiger partial charge on any atom is 0.144 e. The van der Waals surface area contributed by atoms with Crippen LogP contribution >= 0.6 is 11.8 Å². The highest BCUT2D eigenvalue weighted by atomic mass is 32.2. The highest BCUT2D eigenvalue weighted by Gasteiger charge is 2.14. The Labute approximate surface area is 158 Å². The summed E-state index contributed by atoms with van der Waals surface area (Å²) in [4.78, 5) is 12.1. The summed E-state index contributed by atoms with van der Waals surface area (Å²) in [6.07, 6.45) is 0. The van der Waals surface area contributed by atoms with Crippen molar-refractivity contribution in [3.05, 3.63) is 65.5 Å². The van der Waals surface area contributed by atoms with Crippen LogP contribution in [-0.4, -0.2) is 41.2 Å². The number of rotatable bonds is 5. The molecule has 3 aromatic rings. The topological polar surface area (TPSA) is 38.2 Å². The van der Waals surface area contributed by atoms with Gasteiger partial charge in [0.05, 0.1) is 25.3 Å². The number of hydrogen-bond donors (Lipinski definition) is 0. The first-order chi connectivity index (χ1) is 12.8. The predicted octanol–water partition coefficient (Wildman–Crippen LogP) is 4.06. The lowest BCUT2D eigenvalue weighted by atomic mass is 10.1. The first-order valence-corrected chi connectivity index (χ1v) is 10.0. The van der Waals surface area contributed by atoms with Crippen LogP contribution in [0, 0.1) is 6.92 Å². The van der Waals surface area contributed by atoms with Gasteiger partial charge in [0, 0.05) is 24.2 Å². The van der Waals surface area contributed by atoms with Crippen molar-refractivity contribution >= 4 is 22.7 Å². The van der Waals surface area contributed by atoms with E-state index in [2.05, 4.69) is 54.3 Å². The van der Waals surface area contributed by atoms with Crippen molar-refractivity contribution in [2.45, 2.75) is 24.2 Å². The maximum atomic E-state index is 5.44. The summed E-state index contributed by atoms with van der Waals surface area (Å²) in [6.45, 7) is 6.43. The molecule has 4 rings (SSSR count). The second-order valence-electron chi connectivity index (χ2n) is 6.57. The zero-order valence-electron chi connectivity index (χ0n) is 15.0. The smallest absolute Gasteiger partial charge is 0.144 e. The van der Waals surface area contributed by atoms with Gasteiger partial charge < -0.3 is 4.74 Å². The molecule has 4 nitrogen and oxygen atoms in total. The lowest BCUT2D eigenvalue weighted by Crippen LogP contribution is -2.36. The Balaban J connectivity index is 1.60. The molecule has 1 fully saturated rings. The van der Waals surface area contributed by atoms with Gasteiger partial charge in [0.25, 0.3) is 0 Å². The Morgan fingerprint density at radius 2 is 1.77 bits per heavy atom. The average Bonchev–Trinajstić information content (AvgIpc) is 2.68. The van der Waals surface area contributed by atoms with Crippen LogP contribution < -0.4 is 0 Å². The van der Waals surface area contributed by atoms with Gasteiger partial charge >= 0.3 is 0 Å². The van der Waals surface area contributed by atoms with Crippen molar-refractivity contribution in [3.63, 3.8) is 0 Å². The molecule has 1 aromatic heterocycles. The van der Waals surface area contributed by atoms with Crippen LogP contribution in [0.4, 0.5) is 0 Å². The third-order valence-corrected chi connectivity index (χ3v) is 5.75. The Morgan fingerprint density at radius 3 is 2.62 bits per heavy atom. The number of hydrogen-bond acceptors (Lipinski definition) is 5. The summed E-state index contributed by atoms with van der Waals surface area (Å²) in [5.74, 6) is 1.82. The van der Waals surface area contributed by atoms with Gasteiger partial charge in [-0.3, -0.25) is 4.90 Å². The molecule has 1 aliphatic heterocycles. The molecule has 2 aromatic carbocycles. The maximum absolute atomic E-state index is 5.44. The molecule has 5 heteroatoms. The van der Waals surface area contributed by atoms with E-state index in [1.165, 1.54) is 11.1 Å². The van der Waals surface area contributed by atoms with E-state index in [-0.39, 0.29) is 0 Å². The average molecular weight is 366 g/mol. The number of ether oxygens (including phenoxy) is 1. The fraction of sp³-hybridized carbons (Fsp3) is 0.333. The highest BCUT2D eigenvalue weighted by Crippen LogP contribution is 2.29. The summed E-state index contributed by atoms with van der Waals surface area (Å²) < 4.78 is 5.44. The van der Waals surface area contributed by atoms with Gasteiger partial charge in [-0.25, -0.2) is 9.97 Å². The van der Waals surface area contributed by atoms with E-state index in [4.69, 9.17) is 14.7 Å². The van der Waals surface area contributed by atoms with E-state index in [1.54, 1.807) is 11.8 Å². The third kappa shape index (κ3) is 4.06. The quantitative estimate of drug-likeness (QED) is 0.503. The monoisotopic (exact) mass is 365 g/mol. The van der Waals surface area contributed by atoms with Crippen molar-refractivity contribution in [2.75, 3.05) is 26.3 Å². The first-order valence-electron chi connectivity index (χ1n) is 9.03. The summed E-state index contributed by atoms with van der Waals surface area (Å²) in [5.41, 5.74) is 3.71. The molecular weight excluding hydrogens is 342 g/mol. The Hall–Kier alpha value is -1.95. The SMILES string of the molecule is Cc1ccccc1CSc1nc(CN2CCOCC2)nc2ccccc12. The van der Waals surface area contributed by atoms with Crippen LogP contribution in [0.5, 0.6) is 0 Å². The standard InChI is InChI=1S/C21H23N3OS/c1-16-6-2-3-7-17(16)15-26-21-18-8-4-5-9-19(18)22-20(23-21)14-24-10-12-25-13-11-24/h2-9H,10-15H2,1H3. The normalized spacial score (nSPS) is 15.4. The zero-order chi connectivity index (χ0) is 17.8. The van der Waals surface area contributed by atoms with Crippen LogP contribution in [0.3, 0.4) is 0 Å². The first kappa shape index (κ1) is 17.5. The molecule has 134 valence electrons. The van der Waals surface area contributed by atoms with E-state index < -0.39 is 0 Å². The van der Waals surface area contributed by atoms with Crippen LogP contribution in [0.25, 0.3) is 10.9 Å². The van der Waals surface area contributed by atoms with E-state index in [0.717, 1.165) is 60.4 Å². The van der Waals surface area contributed by atoms with Crippen molar-refractivity contribution in [1.29, 1.82) is 0 Å². The fourth-order valence-corrected chi connectivity index (χ4v) is 4.27. The number of aryl methyl sites for hydroxylation is 1. The molecule has 0 atom stereocenters. The Bertz CT molecular complexity index is 893. The van der Waals surface area contributed by atoms with Crippen molar-refractivity contribution in [1.82, 2.24) is 14.9 Å². The van der Waals surface area contributed by atoms with E-state index in [0.29, 0.717) is 0 Å². The number of thioether (sulfide) groups is 1. The summed E-state index contributed by atoms with van der Waals surface area (Å²) >= 11 is 1.80. The minimum Gasteiger partial charge on any atom is -0.379 e. The molecule has 0 radical (unpaired) electrons. The van der Waals surface area contributed by atoms with E-state index in [1.807, 2.05) is 6.07 Å². The fourth-order valence-electron chi connectivity index (χ4n) is 3.15. The van der Waals surface area contributed by atoms with Gasteiger partial charge in [-0.05, 0) is 24.1 Å². The van der Waals surface area contributed by atoms with Crippen LogP contribution in [-0.2, 0) is 17.0 Å². The van der Waals surface area contributed by atoms with E-state index >= 15 is 0 Å². The molecule has 2 heterocycles. The lowest BCUT2D eigenvalue weighted by molar-refractivity contribution is 0.0330. The van der Waals surface area contributed by atoms with Gasteiger partial charge in [-0.1, -0.05) is 42.5 Å². The molecule has 0 unspecified atom stereocenters. The predicted molar refractivity (Wildman–Crippen MR) is 106 cm³/mol. The number of para-hydroxylation sites is 1. The molecule has 0 saturated carbocycles. The third-order valence-electron chi connectivity index (χ3n) is 4.71. The minimum absolute atomic E-state index is 0.784. The largest absolute Gasteiger partial charge is 0.379 e. The molecule has 0 aliphatic carbocycles. The zero-order valence-corrected chi connectivity index (χ0v) is 15.8. The van der Waals surface area contributed by atoms with Gasteiger partial charge in [-0.15, -0.1) is 11.8 Å². The molecule has 0 N–H and O–H groups in total. The summed E-state index contributed by atoms with van der Waals surface area (Å²) in [6, 6.07) is 16.9. The molecule has 1 saturated heterocycles. The molecule has 1 aliphatic rings. The van der Waals surface area contributed by atoms with Gasteiger partial charge in [0.15, 0.2) is 0 Å². The molecule has 0 spiro atoms. The molecular formula is C21H23N3OS. The Morgan fingerprint density at radius 1 is 1.00 bits per heavy atom. The molecule has 0 amide bonds. The van der Waals surface area contributed by atoms with Crippen molar-refractivity contribution in [3.8, 4) is 0 Å².